The number of aliphatic hydroxyl groups is 1. The zero-order chi connectivity index (χ0) is 28.6. The number of primary amides is 1. The van der Waals surface area contributed by atoms with E-state index in [0.29, 0.717) is 40.9 Å². The Morgan fingerprint density at radius 1 is 1.15 bits per heavy atom. The fourth-order valence-corrected chi connectivity index (χ4v) is 5.12. The fraction of sp³-hybridized carbons (Fsp3) is 0.207. The Bertz CT molecular complexity index is 1670. The van der Waals surface area contributed by atoms with Crippen molar-refractivity contribution in [3.05, 3.63) is 83.4 Å². The van der Waals surface area contributed by atoms with Gasteiger partial charge in [-0.05, 0) is 48.7 Å². The van der Waals surface area contributed by atoms with Crippen LogP contribution in [0.3, 0.4) is 0 Å². The fourth-order valence-electron chi connectivity index (χ4n) is 5.12. The molecule has 3 heterocycles. The molecule has 1 aliphatic rings. The largest absolute Gasteiger partial charge is 0.394 e. The van der Waals surface area contributed by atoms with Crippen molar-refractivity contribution in [2.75, 3.05) is 18.1 Å². The zero-order valence-corrected chi connectivity index (χ0v) is 21.5. The predicted octanol–water partition coefficient (Wildman–Crippen LogP) is 3.33. The predicted molar refractivity (Wildman–Crippen MR) is 145 cm³/mol. The lowest BCUT2D eigenvalue weighted by molar-refractivity contribution is 0.0996. The summed E-state index contributed by atoms with van der Waals surface area (Å²) in [6.07, 6.45) is 4.99. The van der Waals surface area contributed by atoms with Crippen molar-refractivity contribution >= 4 is 11.6 Å². The van der Waals surface area contributed by atoms with E-state index in [-0.39, 0.29) is 46.9 Å². The number of carbonyl (C=O) groups excluding carboxylic acids is 1. The number of hydrogen-bond donors (Lipinski definition) is 3. The molecule has 0 aliphatic carbocycles. The van der Waals surface area contributed by atoms with Crippen LogP contribution in [0.5, 0.6) is 0 Å². The number of nitrogens with two attached hydrogens (primary N) is 2. The maximum Gasteiger partial charge on any atom is 0.268 e. The first-order valence-electron chi connectivity index (χ1n) is 12.5. The van der Waals surface area contributed by atoms with Crippen LogP contribution < -0.4 is 16.4 Å². The van der Waals surface area contributed by atoms with Crippen molar-refractivity contribution in [3.63, 3.8) is 0 Å². The van der Waals surface area contributed by atoms with Gasteiger partial charge in [0, 0.05) is 53.6 Å². The van der Waals surface area contributed by atoms with E-state index in [4.69, 9.17) is 11.5 Å². The number of carbonyl (C=O) groups is 1. The van der Waals surface area contributed by atoms with Crippen molar-refractivity contribution in [2.24, 2.45) is 11.5 Å². The lowest BCUT2D eigenvalue weighted by Crippen LogP contribution is -2.33. The number of benzene rings is 2. The molecule has 0 bridgehead atoms. The van der Waals surface area contributed by atoms with Crippen LogP contribution in [0, 0.1) is 29.9 Å². The Kier molecular flexibility index (Phi) is 7.21. The van der Waals surface area contributed by atoms with Crippen molar-refractivity contribution in [3.8, 4) is 39.7 Å². The Hall–Kier alpha value is -4.79. The number of halogens is 2. The van der Waals surface area contributed by atoms with Gasteiger partial charge in [0.15, 0.2) is 5.82 Å². The van der Waals surface area contributed by atoms with Crippen LogP contribution in [0.25, 0.3) is 33.6 Å². The van der Waals surface area contributed by atoms with Gasteiger partial charge in [0.1, 0.15) is 17.3 Å². The molecule has 4 aromatic rings. The van der Waals surface area contributed by atoms with Crippen molar-refractivity contribution < 1.29 is 18.7 Å². The molecule has 1 saturated heterocycles. The van der Waals surface area contributed by atoms with Crippen molar-refractivity contribution in [1.29, 1.82) is 5.26 Å². The first-order valence-corrected chi connectivity index (χ1v) is 12.5. The molecule has 0 radical (unpaired) electrons. The molecule has 1 fully saturated rings. The highest BCUT2D eigenvalue weighted by Crippen LogP contribution is 2.40. The van der Waals surface area contributed by atoms with Gasteiger partial charge in [-0.2, -0.15) is 5.26 Å². The minimum atomic E-state index is -0.890. The molecule has 2 atom stereocenters. The topological polar surface area (TPSA) is 155 Å². The molecular formula is C29H25F2N7O2. The summed E-state index contributed by atoms with van der Waals surface area (Å²) in [4.78, 5) is 27.3. The summed E-state index contributed by atoms with van der Waals surface area (Å²) in [5.41, 5.74) is 14.7. The number of aliphatic hydroxyl groups excluding tert-OH is 1. The lowest BCUT2D eigenvalue weighted by atomic mass is 9.95. The van der Waals surface area contributed by atoms with Gasteiger partial charge in [-0.1, -0.05) is 12.1 Å². The van der Waals surface area contributed by atoms with E-state index in [1.54, 1.807) is 24.4 Å². The number of nitriles is 1. The van der Waals surface area contributed by atoms with E-state index in [9.17, 15) is 23.9 Å². The summed E-state index contributed by atoms with van der Waals surface area (Å²) in [6.45, 7) is 1.65. The van der Waals surface area contributed by atoms with E-state index in [1.165, 1.54) is 19.3 Å². The Balaban J connectivity index is 1.73. The molecule has 5 rings (SSSR count). The van der Waals surface area contributed by atoms with Crippen molar-refractivity contribution in [2.45, 2.75) is 25.4 Å². The van der Waals surface area contributed by atoms with E-state index >= 15 is 0 Å². The number of amides is 1. The second kappa shape index (κ2) is 10.8. The van der Waals surface area contributed by atoms with Crippen LogP contribution in [0.4, 0.5) is 14.5 Å². The number of nitrogens with zero attached hydrogens (tertiary/aromatic N) is 5. The highest BCUT2D eigenvalue weighted by atomic mass is 19.1. The van der Waals surface area contributed by atoms with Gasteiger partial charge < -0.3 is 21.5 Å². The van der Waals surface area contributed by atoms with Crippen LogP contribution in [0.1, 0.15) is 28.0 Å². The van der Waals surface area contributed by atoms with E-state index < -0.39 is 17.5 Å². The maximum atomic E-state index is 14.7. The average molecular weight is 542 g/mol. The van der Waals surface area contributed by atoms with E-state index in [0.717, 1.165) is 12.1 Å². The SMILES string of the molecule is Cc1c(F)ccc(F)c1-c1ncc(-c2ccc(-c3cnccc3C#N)cc2N2C[C@@H](N)C[C@H]2CO)c(C(N)=O)n1. The smallest absolute Gasteiger partial charge is 0.268 e. The lowest BCUT2D eigenvalue weighted by Gasteiger charge is -2.28. The normalized spacial score (nSPS) is 16.6. The second-order valence-corrected chi connectivity index (χ2v) is 9.60. The van der Waals surface area contributed by atoms with E-state index in [1.807, 2.05) is 11.0 Å². The summed E-state index contributed by atoms with van der Waals surface area (Å²) in [7, 11) is 0. The molecule has 2 aromatic heterocycles. The van der Waals surface area contributed by atoms with Gasteiger partial charge in [-0.25, -0.2) is 18.7 Å². The molecular weight excluding hydrogens is 516 g/mol. The number of rotatable bonds is 6. The van der Waals surface area contributed by atoms with Crippen LogP contribution in [0.2, 0.25) is 0 Å². The molecule has 40 heavy (non-hydrogen) atoms. The number of hydrogen-bond acceptors (Lipinski definition) is 8. The van der Waals surface area contributed by atoms with Crippen molar-refractivity contribution in [1.82, 2.24) is 15.0 Å². The standard InChI is InChI=1S/C29H25F2N7O2/c1-15-23(30)4-5-24(31)26(15)29-36-12-22(27(37-29)28(34)40)20-3-2-16(21-11-35-7-6-17(21)10-32)8-25(20)38-13-18(33)9-19(38)14-39/h2-8,11-12,18-19,39H,9,13-14,33H2,1H3,(H2,34,40)/t18-,19-/m0/s1. The molecule has 9 nitrogen and oxygen atoms in total. The molecule has 2 aromatic carbocycles. The molecule has 1 aliphatic heterocycles. The molecule has 1 amide bonds. The quantitative estimate of drug-likeness (QED) is 0.336. The Morgan fingerprint density at radius 3 is 2.65 bits per heavy atom. The molecule has 5 N–H and O–H groups in total. The summed E-state index contributed by atoms with van der Waals surface area (Å²) in [5.74, 6) is -2.46. The Morgan fingerprint density at radius 2 is 1.93 bits per heavy atom. The first kappa shape index (κ1) is 26.8. The van der Waals surface area contributed by atoms with Crippen LogP contribution >= 0.6 is 0 Å². The number of aromatic nitrogens is 3. The van der Waals surface area contributed by atoms with Crippen LogP contribution in [0.15, 0.2) is 55.0 Å². The molecule has 11 heteroatoms. The molecule has 0 saturated carbocycles. The van der Waals surface area contributed by atoms with Gasteiger partial charge in [-0.15, -0.1) is 0 Å². The maximum absolute atomic E-state index is 14.7. The van der Waals surface area contributed by atoms with Gasteiger partial charge in [0.05, 0.1) is 29.8 Å². The summed E-state index contributed by atoms with van der Waals surface area (Å²) >= 11 is 0. The van der Waals surface area contributed by atoms with Gasteiger partial charge in [0.25, 0.3) is 5.91 Å². The average Bonchev–Trinajstić information content (AvgIpc) is 3.35. The second-order valence-electron chi connectivity index (χ2n) is 9.60. The Labute approximate surface area is 228 Å². The van der Waals surface area contributed by atoms with Gasteiger partial charge in [-0.3, -0.25) is 9.78 Å². The molecule has 202 valence electrons. The van der Waals surface area contributed by atoms with Crippen LogP contribution in [-0.2, 0) is 0 Å². The minimum Gasteiger partial charge on any atom is -0.394 e. The third-order valence-electron chi connectivity index (χ3n) is 7.10. The highest BCUT2D eigenvalue weighted by molar-refractivity contribution is 6.00. The summed E-state index contributed by atoms with van der Waals surface area (Å²) in [6, 6.07) is 10.5. The van der Waals surface area contributed by atoms with Gasteiger partial charge >= 0.3 is 0 Å². The van der Waals surface area contributed by atoms with Crippen LogP contribution in [-0.4, -0.2) is 51.2 Å². The molecule has 0 unspecified atom stereocenters. The highest BCUT2D eigenvalue weighted by Gasteiger charge is 2.32. The number of pyridine rings is 1. The monoisotopic (exact) mass is 541 g/mol. The minimum absolute atomic E-state index is 0.00479. The summed E-state index contributed by atoms with van der Waals surface area (Å²) in [5, 5.41) is 19.7. The summed E-state index contributed by atoms with van der Waals surface area (Å²) < 4.78 is 28.9. The molecule has 0 spiro atoms. The van der Waals surface area contributed by atoms with E-state index in [2.05, 4.69) is 21.0 Å². The zero-order valence-electron chi connectivity index (χ0n) is 21.5. The first-order chi connectivity index (χ1) is 19.2. The van der Waals surface area contributed by atoms with Gasteiger partial charge in [0.2, 0.25) is 0 Å². The third kappa shape index (κ3) is 4.75. The third-order valence-corrected chi connectivity index (χ3v) is 7.10. The number of anilines is 1.